The summed E-state index contributed by atoms with van der Waals surface area (Å²) >= 11 is 0. The highest BCUT2D eigenvalue weighted by molar-refractivity contribution is 14.0. The predicted octanol–water partition coefficient (Wildman–Crippen LogP) is 1.78. The SMILES string of the molecule is CN=C(NCC(C)(C)C(=O)NC)N1CCN(c2cccc(OC)c2)CC1.I. The molecule has 2 rings (SSSR count). The molecule has 1 aromatic carbocycles. The molecule has 1 fully saturated rings. The molecule has 27 heavy (non-hydrogen) atoms. The van der Waals surface area contributed by atoms with Gasteiger partial charge in [0, 0.05) is 58.6 Å². The number of benzene rings is 1. The standard InChI is InChI=1S/C19H31N5O2.HI/c1-19(2,17(25)20-3)14-22-18(21-4)24-11-9-23(10-12-24)15-7-6-8-16(13-15)26-5;/h6-8,13H,9-12,14H2,1-5H3,(H,20,25)(H,21,22);1H. The highest BCUT2D eigenvalue weighted by Gasteiger charge is 2.28. The van der Waals surface area contributed by atoms with Crippen molar-refractivity contribution in [3.8, 4) is 5.75 Å². The number of rotatable bonds is 5. The maximum Gasteiger partial charge on any atom is 0.227 e. The van der Waals surface area contributed by atoms with Crippen molar-refractivity contribution < 1.29 is 9.53 Å². The molecule has 1 heterocycles. The maximum absolute atomic E-state index is 11.9. The van der Waals surface area contributed by atoms with Gasteiger partial charge in [-0.05, 0) is 26.0 Å². The number of aliphatic imine (C=N–C) groups is 1. The second kappa shape index (κ2) is 10.6. The van der Waals surface area contributed by atoms with E-state index in [0.717, 1.165) is 37.9 Å². The Balaban J connectivity index is 0.00000364. The minimum atomic E-state index is -0.493. The van der Waals surface area contributed by atoms with Gasteiger partial charge in [-0.1, -0.05) is 6.07 Å². The number of nitrogens with one attached hydrogen (secondary N) is 2. The molecule has 8 heteroatoms. The predicted molar refractivity (Wildman–Crippen MR) is 121 cm³/mol. The van der Waals surface area contributed by atoms with E-state index in [0.29, 0.717) is 6.54 Å². The summed E-state index contributed by atoms with van der Waals surface area (Å²) in [6.07, 6.45) is 0. The van der Waals surface area contributed by atoms with Crippen LogP contribution in [-0.2, 0) is 4.79 Å². The Kier molecular flexibility index (Phi) is 9.14. The van der Waals surface area contributed by atoms with E-state index in [4.69, 9.17) is 4.74 Å². The summed E-state index contributed by atoms with van der Waals surface area (Å²) in [6.45, 7) is 7.95. The molecule has 2 N–H and O–H groups in total. The number of hydrogen-bond donors (Lipinski definition) is 2. The first-order chi connectivity index (χ1) is 12.4. The van der Waals surface area contributed by atoms with Gasteiger partial charge in [0.25, 0.3) is 0 Å². The summed E-state index contributed by atoms with van der Waals surface area (Å²) in [7, 11) is 5.13. The highest BCUT2D eigenvalue weighted by atomic mass is 127. The number of halogens is 1. The van der Waals surface area contributed by atoms with Gasteiger partial charge in [-0.15, -0.1) is 24.0 Å². The molecule has 1 saturated heterocycles. The van der Waals surface area contributed by atoms with E-state index in [1.54, 1.807) is 21.2 Å². The van der Waals surface area contributed by atoms with E-state index < -0.39 is 5.41 Å². The summed E-state index contributed by atoms with van der Waals surface area (Å²) in [4.78, 5) is 20.9. The molecule has 0 spiro atoms. The van der Waals surface area contributed by atoms with Gasteiger partial charge in [0.15, 0.2) is 5.96 Å². The Labute approximate surface area is 179 Å². The number of methoxy groups -OCH3 is 1. The van der Waals surface area contributed by atoms with Crippen LogP contribution in [0.4, 0.5) is 5.69 Å². The van der Waals surface area contributed by atoms with Gasteiger partial charge in [-0.2, -0.15) is 0 Å². The summed E-state index contributed by atoms with van der Waals surface area (Å²) in [5.74, 6) is 1.73. The van der Waals surface area contributed by atoms with Crippen molar-refractivity contribution in [2.45, 2.75) is 13.8 Å². The average Bonchev–Trinajstić information content (AvgIpc) is 2.68. The van der Waals surface area contributed by atoms with Gasteiger partial charge in [0.1, 0.15) is 5.75 Å². The minimum Gasteiger partial charge on any atom is -0.497 e. The lowest BCUT2D eigenvalue weighted by molar-refractivity contribution is -0.128. The molecule has 1 aliphatic rings. The zero-order chi connectivity index (χ0) is 19.2. The van der Waals surface area contributed by atoms with Crippen LogP contribution in [0.5, 0.6) is 5.75 Å². The second-order valence-corrected chi connectivity index (χ2v) is 7.04. The van der Waals surface area contributed by atoms with Crippen LogP contribution in [-0.4, -0.2) is 70.7 Å². The second-order valence-electron chi connectivity index (χ2n) is 7.04. The van der Waals surface area contributed by atoms with E-state index in [-0.39, 0.29) is 29.9 Å². The van der Waals surface area contributed by atoms with Crippen molar-refractivity contribution in [1.82, 2.24) is 15.5 Å². The fourth-order valence-electron chi connectivity index (χ4n) is 3.03. The van der Waals surface area contributed by atoms with E-state index >= 15 is 0 Å². The molecule has 1 aromatic rings. The third kappa shape index (κ3) is 6.15. The van der Waals surface area contributed by atoms with Gasteiger partial charge >= 0.3 is 0 Å². The van der Waals surface area contributed by atoms with Crippen molar-refractivity contribution in [3.63, 3.8) is 0 Å². The number of carbonyl (C=O) groups excluding carboxylic acids is 1. The summed E-state index contributed by atoms with van der Waals surface area (Å²) < 4.78 is 5.32. The van der Waals surface area contributed by atoms with Crippen LogP contribution in [0.15, 0.2) is 29.3 Å². The Morgan fingerprint density at radius 2 is 1.93 bits per heavy atom. The lowest BCUT2D eigenvalue weighted by Gasteiger charge is -2.38. The van der Waals surface area contributed by atoms with Crippen LogP contribution in [0, 0.1) is 5.41 Å². The smallest absolute Gasteiger partial charge is 0.227 e. The van der Waals surface area contributed by atoms with Crippen LogP contribution < -0.4 is 20.3 Å². The van der Waals surface area contributed by atoms with Gasteiger partial charge in [0.2, 0.25) is 5.91 Å². The van der Waals surface area contributed by atoms with Crippen LogP contribution in [0.25, 0.3) is 0 Å². The van der Waals surface area contributed by atoms with Crippen LogP contribution in [0.2, 0.25) is 0 Å². The number of anilines is 1. The summed E-state index contributed by atoms with van der Waals surface area (Å²) in [5, 5.41) is 6.05. The third-order valence-corrected chi connectivity index (χ3v) is 4.74. The largest absolute Gasteiger partial charge is 0.497 e. The van der Waals surface area contributed by atoms with Crippen LogP contribution in [0.1, 0.15) is 13.8 Å². The monoisotopic (exact) mass is 489 g/mol. The molecule has 152 valence electrons. The Hall–Kier alpha value is -1.71. The Morgan fingerprint density at radius 1 is 1.26 bits per heavy atom. The first-order valence-electron chi connectivity index (χ1n) is 8.98. The fraction of sp³-hybridized carbons (Fsp3) is 0.579. The first-order valence-corrected chi connectivity index (χ1v) is 8.98. The first kappa shape index (κ1) is 23.3. The Bertz CT molecular complexity index is 643. The molecule has 0 saturated carbocycles. The van der Waals surface area contributed by atoms with Gasteiger partial charge in [-0.25, -0.2) is 0 Å². The number of piperazine rings is 1. The number of hydrogen-bond acceptors (Lipinski definition) is 4. The molecule has 0 aliphatic carbocycles. The molecular formula is C19H32IN5O2. The molecule has 1 aliphatic heterocycles. The van der Waals surface area contributed by atoms with E-state index in [1.807, 2.05) is 26.0 Å². The van der Waals surface area contributed by atoms with Gasteiger partial charge in [0.05, 0.1) is 12.5 Å². The van der Waals surface area contributed by atoms with Gasteiger partial charge in [-0.3, -0.25) is 9.79 Å². The zero-order valence-electron chi connectivity index (χ0n) is 16.9. The van der Waals surface area contributed by atoms with Crippen molar-refractivity contribution in [2.24, 2.45) is 10.4 Å². The van der Waals surface area contributed by atoms with Crippen molar-refractivity contribution in [2.75, 3.05) is 58.8 Å². The van der Waals surface area contributed by atoms with Crippen molar-refractivity contribution >= 4 is 41.5 Å². The average molecular weight is 489 g/mol. The molecule has 1 amide bonds. The molecule has 7 nitrogen and oxygen atoms in total. The molecule has 0 atom stereocenters. The lowest BCUT2D eigenvalue weighted by Crippen LogP contribution is -2.54. The minimum absolute atomic E-state index is 0. The zero-order valence-corrected chi connectivity index (χ0v) is 19.2. The fourth-order valence-corrected chi connectivity index (χ4v) is 3.03. The molecule has 0 bridgehead atoms. The third-order valence-electron chi connectivity index (χ3n) is 4.74. The van der Waals surface area contributed by atoms with E-state index in [1.165, 1.54) is 5.69 Å². The highest BCUT2D eigenvalue weighted by Crippen LogP contribution is 2.22. The normalized spacial score (nSPS) is 15.1. The number of amides is 1. The number of guanidine groups is 1. The summed E-state index contributed by atoms with van der Waals surface area (Å²) in [6, 6.07) is 8.15. The molecule has 0 radical (unpaired) electrons. The topological polar surface area (TPSA) is 69.2 Å². The molecular weight excluding hydrogens is 457 g/mol. The van der Waals surface area contributed by atoms with Gasteiger partial charge < -0.3 is 25.2 Å². The lowest BCUT2D eigenvalue weighted by atomic mass is 9.92. The quantitative estimate of drug-likeness (QED) is 0.375. The van der Waals surface area contributed by atoms with E-state index in [2.05, 4.69) is 37.6 Å². The van der Waals surface area contributed by atoms with Crippen molar-refractivity contribution in [1.29, 1.82) is 0 Å². The van der Waals surface area contributed by atoms with E-state index in [9.17, 15) is 4.79 Å². The molecule has 0 aromatic heterocycles. The number of nitrogens with zero attached hydrogens (tertiary/aromatic N) is 3. The maximum atomic E-state index is 11.9. The van der Waals surface area contributed by atoms with Crippen LogP contribution >= 0.6 is 24.0 Å². The van der Waals surface area contributed by atoms with Crippen molar-refractivity contribution in [3.05, 3.63) is 24.3 Å². The van der Waals surface area contributed by atoms with Crippen LogP contribution in [0.3, 0.4) is 0 Å². The number of carbonyl (C=O) groups is 1. The summed E-state index contributed by atoms with van der Waals surface area (Å²) in [5.41, 5.74) is 0.681. The Morgan fingerprint density at radius 3 is 2.48 bits per heavy atom. The molecule has 0 unspecified atom stereocenters. The number of ether oxygens (including phenoxy) is 1.